The number of fused-ring (bicyclic) bond motifs is 1. The first kappa shape index (κ1) is 30.1. The molecule has 1 unspecified atom stereocenters. The number of halogens is 2. The van der Waals surface area contributed by atoms with Crippen molar-refractivity contribution < 1.29 is 21.9 Å². The average Bonchev–Trinajstić information content (AvgIpc) is 3.76. The number of ether oxygens (including phenoxy) is 1. The Morgan fingerprint density at radius 3 is 2.52 bits per heavy atom. The molecule has 0 radical (unpaired) electrons. The van der Waals surface area contributed by atoms with Crippen molar-refractivity contribution in [3.63, 3.8) is 0 Å². The smallest absolute Gasteiger partial charge is 0.301 e. The maximum atomic E-state index is 15.0. The highest BCUT2D eigenvalue weighted by Gasteiger charge is 2.52. The van der Waals surface area contributed by atoms with Crippen LogP contribution in [0.2, 0.25) is 0 Å². The van der Waals surface area contributed by atoms with Crippen LogP contribution >= 0.6 is 0 Å². The van der Waals surface area contributed by atoms with Crippen molar-refractivity contribution in [2.45, 2.75) is 31.0 Å². The summed E-state index contributed by atoms with van der Waals surface area (Å²) in [7, 11) is -4.21. The van der Waals surface area contributed by atoms with Gasteiger partial charge in [0.2, 0.25) is 0 Å². The lowest BCUT2D eigenvalue weighted by Crippen LogP contribution is -2.49. The van der Waals surface area contributed by atoms with Crippen LogP contribution in [-0.4, -0.2) is 82.6 Å². The van der Waals surface area contributed by atoms with Crippen LogP contribution in [0.3, 0.4) is 0 Å². The van der Waals surface area contributed by atoms with Gasteiger partial charge in [-0.1, -0.05) is 0 Å². The number of anilines is 1. The molecule has 2 N–H and O–H groups in total. The maximum Gasteiger partial charge on any atom is 0.301 e. The summed E-state index contributed by atoms with van der Waals surface area (Å²) in [4.78, 5) is 29.6. The molecule has 0 amide bonds. The Bertz CT molecular complexity index is 2030. The fraction of sp³-hybridized carbons (Fsp3) is 0.367. The Morgan fingerprint density at radius 2 is 1.85 bits per heavy atom. The summed E-state index contributed by atoms with van der Waals surface area (Å²) < 4.78 is 64.4. The van der Waals surface area contributed by atoms with E-state index < -0.39 is 39.1 Å². The molecule has 2 aromatic heterocycles. The van der Waals surface area contributed by atoms with E-state index in [1.54, 1.807) is 18.5 Å². The zero-order chi connectivity index (χ0) is 32.1. The molecule has 4 aromatic rings. The summed E-state index contributed by atoms with van der Waals surface area (Å²) >= 11 is 0. The van der Waals surface area contributed by atoms with Crippen LogP contribution in [0.4, 0.5) is 14.5 Å². The number of nitrogens with one attached hydrogen (secondary N) is 2. The molecule has 13 nitrogen and oxygen atoms in total. The number of nitriles is 1. The van der Waals surface area contributed by atoms with Crippen molar-refractivity contribution in [2.75, 3.05) is 44.0 Å². The molecule has 46 heavy (non-hydrogen) atoms. The van der Waals surface area contributed by atoms with Gasteiger partial charge in [0.25, 0.3) is 5.56 Å². The molecule has 3 fully saturated rings. The van der Waals surface area contributed by atoms with Crippen molar-refractivity contribution in [3.8, 4) is 23.3 Å². The largest absolute Gasteiger partial charge is 0.453 e. The van der Waals surface area contributed by atoms with E-state index in [1.807, 2.05) is 0 Å². The molecule has 16 heteroatoms. The van der Waals surface area contributed by atoms with Gasteiger partial charge in [0.1, 0.15) is 35.7 Å². The first-order chi connectivity index (χ1) is 22.2. The Hall–Kier alpha value is -4.56. The normalized spacial score (nSPS) is 20.0. The van der Waals surface area contributed by atoms with Gasteiger partial charge >= 0.3 is 10.2 Å². The number of piperazine rings is 1. The Balaban J connectivity index is 1.17. The third kappa shape index (κ3) is 5.45. The summed E-state index contributed by atoms with van der Waals surface area (Å²) in [6.07, 6.45) is 5.28. The van der Waals surface area contributed by atoms with Crippen LogP contribution in [0.1, 0.15) is 30.7 Å². The van der Waals surface area contributed by atoms with Crippen molar-refractivity contribution >= 4 is 26.8 Å². The van der Waals surface area contributed by atoms with Crippen LogP contribution in [0.5, 0.6) is 11.5 Å². The fourth-order valence-electron chi connectivity index (χ4n) is 6.01. The van der Waals surface area contributed by atoms with Gasteiger partial charge in [-0.3, -0.25) is 19.0 Å². The van der Waals surface area contributed by atoms with Gasteiger partial charge < -0.3 is 10.1 Å². The molecule has 0 spiro atoms. The van der Waals surface area contributed by atoms with Crippen LogP contribution in [0.25, 0.3) is 16.6 Å². The zero-order valence-electron chi connectivity index (χ0n) is 24.5. The van der Waals surface area contributed by atoms with Crippen molar-refractivity contribution in [3.05, 3.63) is 76.6 Å². The summed E-state index contributed by atoms with van der Waals surface area (Å²) in [5.74, 6) is -0.738. The third-order valence-corrected chi connectivity index (χ3v) is 10.1. The summed E-state index contributed by atoms with van der Waals surface area (Å²) in [6.45, 7) is 3.32. The van der Waals surface area contributed by atoms with Crippen molar-refractivity contribution in [1.82, 2.24) is 34.0 Å². The number of nitrogens with zero attached hydrogens (tertiary/aromatic N) is 7. The van der Waals surface area contributed by atoms with Gasteiger partial charge in [0.05, 0.1) is 40.2 Å². The monoisotopic (exact) mass is 649 g/mol. The predicted molar refractivity (Wildman–Crippen MR) is 163 cm³/mol. The molecule has 238 valence electrons. The maximum absolute atomic E-state index is 15.0. The van der Waals surface area contributed by atoms with E-state index in [9.17, 15) is 27.3 Å². The van der Waals surface area contributed by atoms with Gasteiger partial charge in [-0.2, -0.15) is 18.0 Å². The highest BCUT2D eigenvalue weighted by Crippen LogP contribution is 2.49. The molecule has 2 aromatic carbocycles. The molecule has 1 atom stereocenters. The van der Waals surface area contributed by atoms with E-state index in [-0.39, 0.29) is 41.9 Å². The quantitative estimate of drug-likeness (QED) is 0.291. The molecule has 2 saturated heterocycles. The van der Waals surface area contributed by atoms with Gasteiger partial charge in [0.15, 0.2) is 11.6 Å². The molecule has 4 heterocycles. The van der Waals surface area contributed by atoms with Crippen molar-refractivity contribution in [2.24, 2.45) is 0 Å². The Labute approximate surface area is 262 Å². The number of benzene rings is 2. The minimum atomic E-state index is -4.21. The zero-order valence-corrected chi connectivity index (χ0v) is 25.3. The SMILES string of the molecule is N#Cc1c(NS(=O)(=O)N2CCC(F)C2)ccc(F)c1Oc1ccc2ncn(-c3cnc(C4(N5CCNCC5)CC4)nc3)c(=O)c2c1. The second-order valence-corrected chi connectivity index (χ2v) is 13.2. The lowest BCUT2D eigenvalue weighted by Gasteiger charge is -2.34. The molecule has 3 aliphatic rings. The molecule has 1 aliphatic carbocycles. The van der Waals surface area contributed by atoms with Crippen LogP contribution in [0.15, 0.2) is 53.8 Å². The Kier molecular flexibility index (Phi) is 7.64. The second kappa shape index (κ2) is 11.7. The van der Waals surface area contributed by atoms with E-state index in [0.717, 1.165) is 61.3 Å². The van der Waals surface area contributed by atoms with E-state index in [2.05, 4.69) is 29.9 Å². The molecular weight excluding hydrogens is 620 g/mol. The first-order valence-electron chi connectivity index (χ1n) is 14.8. The summed E-state index contributed by atoms with van der Waals surface area (Å²) in [6, 6.07) is 8.15. The highest BCUT2D eigenvalue weighted by atomic mass is 32.2. The first-order valence-corrected chi connectivity index (χ1v) is 16.2. The third-order valence-electron chi connectivity index (χ3n) is 8.62. The summed E-state index contributed by atoms with van der Waals surface area (Å²) in [5.41, 5.74) is -0.510. The fourth-order valence-corrected chi connectivity index (χ4v) is 7.29. The highest BCUT2D eigenvalue weighted by molar-refractivity contribution is 7.90. The molecule has 2 aliphatic heterocycles. The lowest BCUT2D eigenvalue weighted by atomic mass is 10.1. The topological polar surface area (TPSA) is 158 Å². The molecule has 0 bridgehead atoms. The average molecular weight is 650 g/mol. The molecule has 1 saturated carbocycles. The van der Waals surface area contributed by atoms with Gasteiger partial charge in [-0.25, -0.2) is 23.7 Å². The lowest BCUT2D eigenvalue weighted by molar-refractivity contribution is 0.147. The molecular formula is C30H29F2N9O4S. The standard InChI is InChI=1S/C30H29F2N9O4S/c31-19-5-10-40(17-19)46(43,44)38-26-4-2-24(32)27(23(26)14-33)45-21-1-3-25-22(13-21)28(42)41(18-37-25)20-15-35-29(36-16-20)30(6-7-30)39-11-8-34-9-12-39/h1-4,13,15-16,18-19,34,38H,5-12,17H2. The number of hydrogen-bond donors (Lipinski definition) is 2. The van der Waals surface area contributed by atoms with Crippen LogP contribution in [0, 0.1) is 17.1 Å². The van der Waals surface area contributed by atoms with E-state index >= 15 is 0 Å². The summed E-state index contributed by atoms with van der Waals surface area (Å²) in [5, 5.41) is 13.4. The number of rotatable bonds is 8. The van der Waals surface area contributed by atoms with Crippen molar-refractivity contribution in [1.29, 1.82) is 5.26 Å². The van der Waals surface area contributed by atoms with E-state index in [4.69, 9.17) is 4.74 Å². The number of aromatic nitrogens is 4. The van der Waals surface area contributed by atoms with Gasteiger partial charge in [-0.15, -0.1) is 0 Å². The van der Waals surface area contributed by atoms with Gasteiger partial charge in [-0.05, 0) is 49.6 Å². The van der Waals surface area contributed by atoms with Crippen LogP contribution < -0.4 is 20.3 Å². The molecule has 7 rings (SSSR count). The van der Waals surface area contributed by atoms with Crippen LogP contribution in [-0.2, 0) is 15.7 Å². The number of alkyl halides is 1. The minimum absolute atomic E-state index is 0.0117. The Morgan fingerprint density at radius 1 is 1.09 bits per heavy atom. The predicted octanol–water partition coefficient (Wildman–Crippen LogP) is 2.57. The van der Waals surface area contributed by atoms with E-state index in [1.165, 1.54) is 29.1 Å². The second-order valence-electron chi connectivity index (χ2n) is 11.5. The van der Waals surface area contributed by atoms with Gasteiger partial charge in [0, 0.05) is 39.3 Å². The number of hydrogen-bond acceptors (Lipinski definition) is 10. The minimum Gasteiger partial charge on any atom is -0.453 e. The van der Waals surface area contributed by atoms with E-state index in [0.29, 0.717) is 11.2 Å².